The van der Waals surface area contributed by atoms with Crippen molar-refractivity contribution in [3.8, 4) is 0 Å². The SMILES string of the molecule is CCC(C)(C)CNC(C)c1ccc([N+](=O)[O-])cc1. The zero-order valence-corrected chi connectivity index (χ0v) is 11.6. The lowest BCUT2D eigenvalue weighted by Gasteiger charge is -2.25. The smallest absolute Gasteiger partial charge is 0.269 e. The van der Waals surface area contributed by atoms with Crippen LogP contribution in [-0.2, 0) is 0 Å². The van der Waals surface area contributed by atoms with Gasteiger partial charge in [-0.2, -0.15) is 0 Å². The molecular weight excluding hydrogens is 228 g/mol. The lowest BCUT2D eigenvalue weighted by Crippen LogP contribution is -2.30. The van der Waals surface area contributed by atoms with Crippen LogP contribution >= 0.6 is 0 Å². The Kier molecular flexibility index (Phi) is 4.84. The van der Waals surface area contributed by atoms with E-state index in [9.17, 15) is 10.1 Å². The first-order chi connectivity index (χ1) is 8.35. The number of benzene rings is 1. The Labute approximate surface area is 109 Å². The summed E-state index contributed by atoms with van der Waals surface area (Å²) in [5.74, 6) is 0. The molecule has 0 fully saturated rings. The number of nitro benzene ring substituents is 1. The number of rotatable bonds is 6. The predicted molar refractivity (Wildman–Crippen MR) is 73.6 cm³/mol. The molecule has 0 bridgehead atoms. The number of hydrogen-bond donors (Lipinski definition) is 1. The molecule has 0 saturated heterocycles. The van der Waals surface area contributed by atoms with Gasteiger partial charge in [0.15, 0.2) is 0 Å². The molecule has 0 spiro atoms. The summed E-state index contributed by atoms with van der Waals surface area (Å²) in [6.45, 7) is 9.64. The lowest BCUT2D eigenvalue weighted by molar-refractivity contribution is -0.384. The van der Waals surface area contributed by atoms with Gasteiger partial charge in [-0.15, -0.1) is 0 Å². The van der Waals surface area contributed by atoms with Crippen LogP contribution in [0.25, 0.3) is 0 Å². The van der Waals surface area contributed by atoms with Gasteiger partial charge in [0.25, 0.3) is 5.69 Å². The Bertz CT molecular complexity index is 399. The first kappa shape index (κ1) is 14.6. The maximum Gasteiger partial charge on any atom is 0.269 e. The zero-order chi connectivity index (χ0) is 13.8. The van der Waals surface area contributed by atoms with Crippen LogP contribution in [0, 0.1) is 15.5 Å². The van der Waals surface area contributed by atoms with Gasteiger partial charge in [-0.1, -0.05) is 32.9 Å². The molecule has 4 heteroatoms. The van der Waals surface area contributed by atoms with Gasteiger partial charge in [-0.3, -0.25) is 10.1 Å². The molecule has 1 unspecified atom stereocenters. The Morgan fingerprint density at radius 2 is 1.89 bits per heavy atom. The van der Waals surface area contributed by atoms with Gasteiger partial charge in [0.05, 0.1) is 4.92 Å². The molecule has 1 rings (SSSR count). The molecule has 0 aromatic heterocycles. The summed E-state index contributed by atoms with van der Waals surface area (Å²) in [5.41, 5.74) is 1.49. The normalized spacial score (nSPS) is 13.3. The highest BCUT2D eigenvalue weighted by atomic mass is 16.6. The summed E-state index contributed by atoms with van der Waals surface area (Å²) in [6, 6.07) is 6.94. The highest BCUT2D eigenvalue weighted by molar-refractivity contribution is 5.34. The predicted octanol–water partition coefficient (Wildman–Crippen LogP) is 3.68. The van der Waals surface area contributed by atoms with Gasteiger partial charge in [-0.05, 0) is 24.3 Å². The molecule has 1 aromatic rings. The van der Waals surface area contributed by atoms with Crippen LogP contribution in [0.15, 0.2) is 24.3 Å². The molecule has 0 aliphatic rings. The summed E-state index contributed by atoms with van der Waals surface area (Å²) < 4.78 is 0. The maximum absolute atomic E-state index is 10.6. The molecule has 0 aliphatic heterocycles. The summed E-state index contributed by atoms with van der Waals surface area (Å²) in [4.78, 5) is 10.2. The van der Waals surface area contributed by atoms with Crippen molar-refractivity contribution in [3.63, 3.8) is 0 Å². The highest BCUT2D eigenvalue weighted by Crippen LogP contribution is 2.21. The van der Waals surface area contributed by atoms with Crippen molar-refractivity contribution in [1.29, 1.82) is 0 Å². The molecule has 0 amide bonds. The van der Waals surface area contributed by atoms with Gasteiger partial charge in [0.2, 0.25) is 0 Å². The van der Waals surface area contributed by atoms with E-state index < -0.39 is 0 Å². The fraction of sp³-hybridized carbons (Fsp3) is 0.571. The summed E-state index contributed by atoms with van der Waals surface area (Å²) >= 11 is 0. The van der Waals surface area contributed by atoms with E-state index in [2.05, 4.69) is 33.0 Å². The Morgan fingerprint density at radius 1 is 1.33 bits per heavy atom. The van der Waals surface area contributed by atoms with Crippen LogP contribution in [-0.4, -0.2) is 11.5 Å². The lowest BCUT2D eigenvalue weighted by atomic mass is 9.90. The third-order valence-electron chi connectivity index (χ3n) is 3.45. The standard InChI is InChI=1S/C14H22N2O2/c1-5-14(3,4)10-15-11(2)12-6-8-13(9-7-12)16(17)18/h6-9,11,15H,5,10H2,1-4H3. The van der Waals surface area contributed by atoms with Crippen LogP contribution in [0.2, 0.25) is 0 Å². The minimum atomic E-state index is -0.373. The minimum Gasteiger partial charge on any atom is -0.310 e. The number of nitrogens with zero attached hydrogens (tertiary/aromatic N) is 1. The molecule has 100 valence electrons. The van der Waals surface area contributed by atoms with Crippen molar-refractivity contribution >= 4 is 5.69 Å². The van der Waals surface area contributed by atoms with Crippen molar-refractivity contribution in [2.45, 2.75) is 40.2 Å². The van der Waals surface area contributed by atoms with Crippen molar-refractivity contribution in [2.24, 2.45) is 5.41 Å². The molecule has 4 nitrogen and oxygen atoms in total. The molecule has 0 aliphatic carbocycles. The van der Waals surface area contributed by atoms with E-state index in [1.807, 2.05) is 12.1 Å². The Morgan fingerprint density at radius 3 is 2.33 bits per heavy atom. The molecular formula is C14H22N2O2. The van der Waals surface area contributed by atoms with Crippen LogP contribution in [0.4, 0.5) is 5.69 Å². The highest BCUT2D eigenvalue weighted by Gasteiger charge is 2.16. The van der Waals surface area contributed by atoms with E-state index in [4.69, 9.17) is 0 Å². The van der Waals surface area contributed by atoms with Crippen molar-refractivity contribution < 1.29 is 4.92 Å². The topological polar surface area (TPSA) is 55.2 Å². The van der Waals surface area contributed by atoms with Crippen LogP contribution in [0.5, 0.6) is 0 Å². The van der Waals surface area contributed by atoms with Gasteiger partial charge in [0.1, 0.15) is 0 Å². The summed E-state index contributed by atoms with van der Waals surface area (Å²) in [6.07, 6.45) is 1.12. The van der Waals surface area contributed by atoms with E-state index >= 15 is 0 Å². The van der Waals surface area contributed by atoms with Crippen molar-refractivity contribution in [3.05, 3.63) is 39.9 Å². The fourth-order valence-electron chi connectivity index (χ4n) is 1.56. The number of nitro groups is 1. The monoisotopic (exact) mass is 250 g/mol. The number of non-ortho nitro benzene ring substituents is 1. The van der Waals surface area contributed by atoms with Crippen LogP contribution in [0.1, 0.15) is 45.7 Å². The molecule has 1 aromatic carbocycles. The van der Waals surface area contributed by atoms with E-state index in [-0.39, 0.29) is 22.1 Å². The maximum atomic E-state index is 10.6. The van der Waals surface area contributed by atoms with Crippen molar-refractivity contribution in [2.75, 3.05) is 6.54 Å². The van der Waals surface area contributed by atoms with Gasteiger partial charge in [-0.25, -0.2) is 0 Å². The Hall–Kier alpha value is -1.42. The average molecular weight is 250 g/mol. The third kappa shape index (κ3) is 4.11. The van der Waals surface area contributed by atoms with Crippen molar-refractivity contribution in [1.82, 2.24) is 5.32 Å². The summed E-state index contributed by atoms with van der Waals surface area (Å²) in [5, 5.41) is 14.0. The van der Waals surface area contributed by atoms with E-state index in [0.29, 0.717) is 0 Å². The second-order valence-electron chi connectivity index (χ2n) is 5.47. The van der Waals surface area contributed by atoms with Crippen LogP contribution < -0.4 is 5.32 Å². The first-order valence-corrected chi connectivity index (χ1v) is 6.33. The molecule has 0 radical (unpaired) electrons. The quantitative estimate of drug-likeness (QED) is 0.619. The molecule has 0 saturated carbocycles. The van der Waals surface area contributed by atoms with Gasteiger partial charge >= 0.3 is 0 Å². The zero-order valence-electron chi connectivity index (χ0n) is 11.6. The third-order valence-corrected chi connectivity index (χ3v) is 3.45. The fourth-order valence-corrected chi connectivity index (χ4v) is 1.56. The van der Waals surface area contributed by atoms with Gasteiger partial charge in [0, 0.05) is 24.7 Å². The van der Waals surface area contributed by atoms with Gasteiger partial charge < -0.3 is 5.32 Å². The molecule has 1 atom stereocenters. The first-order valence-electron chi connectivity index (χ1n) is 6.33. The second-order valence-corrected chi connectivity index (χ2v) is 5.47. The number of nitrogens with one attached hydrogen (secondary N) is 1. The summed E-state index contributed by atoms with van der Waals surface area (Å²) in [7, 11) is 0. The molecule has 1 N–H and O–H groups in total. The average Bonchev–Trinajstić information content (AvgIpc) is 2.36. The minimum absolute atomic E-state index is 0.139. The Balaban J connectivity index is 2.62. The molecule has 0 heterocycles. The van der Waals surface area contributed by atoms with Crippen LogP contribution in [0.3, 0.4) is 0 Å². The molecule has 18 heavy (non-hydrogen) atoms. The second kappa shape index (κ2) is 5.96. The van der Waals surface area contributed by atoms with E-state index in [1.54, 1.807) is 12.1 Å². The van der Waals surface area contributed by atoms with E-state index in [1.165, 1.54) is 0 Å². The van der Waals surface area contributed by atoms with E-state index in [0.717, 1.165) is 18.5 Å². The largest absolute Gasteiger partial charge is 0.310 e. The number of hydrogen-bond acceptors (Lipinski definition) is 3.